The second kappa shape index (κ2) is 5.91. The van der Waals surface area contributed by atoms with Crippen LogP contribution in [0.2, 0.25) is 0 Å². The van der Waals surface area contributed by atoms with Crippen molar-refractivity contribution in [2.45, 2.75) is 6.42 Å². The molecular formula is C6H10O4S. The van der Waals surface area contributed by atoms with Gasteiger partial charge in [-0.3, -0.25) is 0 Å². The Morgan fingerprint density at radius 3 is 2.64 bits per heavy atom. The molecule has 0 aliphatic carbocycles. The van der Waals surface area contributed by atoms with Gasteiger partial charge in [-0.1, -0.05) is 6.58 Å². The van der Waals surface area contributed by atoms with E-state index in [1.54, 1.807) is 0 Å². The van der Waals surface area contributed by atoms with Crippen LogP contribution in [-0.2, 0) is 20.2 Å². The van der Waals surface area contributed by atoms with Gasteiger partial charge in [0.25, 0.3) is 0 Å². The summed E-state index contributed by atoms with van der Waals surface area (Å²) in [5, 5.41) is 0. The van der Waals surface area contributed by atoms with E-state index in [4.69, 9.17) is 0 Å². The maximum absolute atomic E-state index is 10.4. The van der Waals surface area contributed by atoms with Gasteiger partial charge in [-0.15, -0.1) is 0 Å². The first-order valence-corrected chi connectivity index (χ1v) is 4.44. The van der Waals surface area contributed by atoms with Crippen LogP contribution in [-0.4, -0.2) is 26.7 Å². The van der Waals surface area contributed by atoms with E-state index in [0.29, 0.717) is 6.42 Å². The SMILES string of the molecule is C=CC(=O)OCCC[SH](=O)=O. The average Bonchev–Trinajstić information content (AvgIpc) is 1.97. The van der Waals surface area contributed by atoms with Crippen molar-refractivity contribution >= 4 is 16.7 Å². The standard InChI is InChI=1S/C6H10O4S/c1-2-6(7)10-4-3-5-11(8)9/h2,11H,1,3-5H2. The second-order valence-electron chi connectivity index (χ2n) is 1.78. The van der Waals surface area contributed by atoms with Crippen LogP contribution in [0.1, 0.15) is 6.42 Å². The first kappa shape index (κ1) is 10.2. The second-order valence-corrected chi connectivity index (χ2v) is 2.89. The van der Waals surface area contributed by atoms with Gasteiger partial charge in [-0.05, 0) is 6.42 Å². The van der Waals surface area contributed by atoms with Crippen molar-refractivity contribution in [1.29, 1.82) is 0 Å². The Morgan fingerprint density at radius 2 is 2.18 bits per heavy atom. The molecule has 0 rings (SSSR count). The predicted octanol–water partition coefficient (Wildman–Crippen LogP) is -0.283. The Kier molecular flexibility index (Phi) is 5.46. The minimum Gasteiger partial charge on any atom is -0.463 e. The van der Waals surface area contributed by atoms with Gasteiger partial charge in [0.2, 0.25) is 0 Å². The van der Waals surface area contributed by atoms with E-state index in [2.05, 4.69) is 11.3 Å². The molecule has 5 heteroatoms. The summed E-state index contributed by atoms with van der Waals surface area (Å²) in [7, 11) is -2.35. The molecule has 0 spiro atoms. The third-order valence-electron chi connectivity index (χ3n) is 0.896. The largest absolute Gasteiger partial charge is 0.463 e. The third-order valence-corrected chi connectivity index (χ3v) is 1.58. The summed E-state index contributed by atoms with van der Waals surface area (Å²) in [6, 6.07) is 0. The fourth-order valence-corrected chi connectivity index (χ4v) is 0.813. The fourth-order valence-electron chi connectivity index (χ4n) is 0.425. The zero-order valence-electron chi connectivity index (χ0n) is 5.99. The number of rotatable bonds is 5. The molecule has 0 N–H and O–H groups in total. The lowest BCUT2D eigenvalue weighted by molar-refractivity contribution is -0.137. The fraction of sp³-hybridized carbons (Fsp3) is 0.500. The molecule has 0 heterocycles. The molecule has 11 heavy (non-hydrogen) atoms. The first-order chi connectivity index (χ1) is 5.16. The molecule has 0 aromatic rings. The van der Waals surface area contributed by atoms with Gasteiger partial charge in [-0.25, -0.2) is 13.2 Å². The van der Waals surface area contributed by atoms with Crippen molar-refractivity contribution in [3.63, 3.8) is 0 Å². The highest BCUT2D eigenvalue weighted by Crippen LogP contribution is 1.84. The van der Waals surface area contributed by atoms with Crippen molar-refractivity contribution in [3.05, 3.63) is 12.7 Å². The molecule has 0 saturated heterocycles. The summed E-state index contributed by atoms with van der Waals surface area (Å²) in [4.78, 5) is 10.4. The number of hydrogen-bond acceptors (Lipinski definition) is 4. The van der Waals surface area contributed by atoms with E-state index in [9.17, 15) is 13.2 Å². The number of carbonyl (C=O) groups excluding carboxylic acids is 1. The van der Waals surface area contributed by atoms with Gasteiger partial charge in [-0.2, -0.15) is 0 Å². The van der Waals surface area contributed by atoms with Crippen LogP contribution >= 0.6 is 0 Å². The Hall–Kier alpha value is -0.840. The molecule has 0 radical (unpaired) electrons. The maximum Gasteiger partial charge on any atom is 0.330 e. The van der Waals surface area contributed by atoms with Crippen molar-refractivity contribution in [2.24, 2.45) is 0 Å². The minimum atomic E-state index is -2.35. The smallest absolute Gasteiger partial charge is 0.330 e. The van der Waals surface area contributed by atoms with Crippen molar-refractivity contribution < 1.29 is 17.9 Å². The highest BCUT2D eigenvalue weighted by molar-refractivity contribution is 7.72. The molecule has 4 nitrogen and oxygen atoms in total. The summed E-state index contributed by atoms with van der Waals surface area (Å²) in [6.45, 7) is 3.31. The van der Waals surface area contributed by atoms with Crippen LogP contribution < -0.4 is 0 Å². The Morgan fingerprint density at radius 1 is 1.55 bits per heavy atom. The molecule has 64 valence electrons. The van der Waals surface area contributed by atoms with Gasteiger partial charge >= 0.3 is 5.97 Å². The lowest BCUT2D eigenvalue weighted by Gasteiger charge is -1.97. The zero-order valence-corrected chi connectivity index (χ0v) is 6.88. The summed E-state index contributed by atoms with van der Waals surface area (Å²) >= 11 is 0. The van der Waals surface area contributed by atoms with E-state index in [1.165, 1.54) is 0 Å². The van der Waals surface area contributed by atoms with Crippen molar-refractivity contribution in [1.82, 2.24) is 0 Å². The Bertz CT molecular complexity index is 199. The molecule has 0 amide bonds. The molecule has 0 fully saturated rings. The van der Waals surface area contributed by atoms with E-state index in [-0.39, 0.29) is 12.4 Å². The van der Waals surface area contributed by atoms with Crippen LogP contribution in [0.15, 0.2) is 12.7 Å². The Labute approximate surface area is 66.8 Å². The highest BCUT2D eigenvalue weighted by Gasteiger charge is 1.94. The monoisotopic (exact) mass is 178 g/mol. The van der Waals surface area contributed by atoms with Crippen LogP contribution in [0.5, 0.6) is 0 Å². The van der Waals surface area contributed by atoms with E-state index in [1.807, 2.05) is 0 Å². The summed E-state index contributed by atoms with van der Waals surface area (Å²) in [5.41, 5.74) is 0. The van der Waals surface area contributed by atoms with Gasteiger partial charge in [0.1, 0.15) is 10.7 Å². The molecule has 0 atom stereocenters. The number of carbonyl (C=O) groups is 1. The maximum atomic E-state index is 10.4. The first-order valence-electron chi connectivity index (χ1n) is 3.08. The predicted molar refractivity (Wildman–Crippen MR) is 41.0 cm³/mol. The van der Waals surface area contributed by atoms with Crippen LogP contribution in [0.4, 0.5) is 0 Å². The number of ether oxygens (including phenoxy) is 1. The molecule has 0 aromatic heterocycles. The van der Waals surface area contributed by atoms with Crippen LogP contribution in [0.25, 0.3) is 0 Å². The molecule has 0 saturated carbocycles. The zero-order chi connectivity index (χ0) is 8.69. The quantitative estimate of drug-likeness (QED) is 0.272. The van der Waals surface area contributed by atoms with Crippen molar-refractivity contribution in [3.8, 4) is 0 Å². The number of esters is 1. The van der Waals surface area contributed by atoms with Crippen molar-refractivity contribution in [2.75, 3.05) is 12.4 Å². The van der Waals surface area contributed by atoms with E-state index in [0.717, 1.165) is 6.08 Å². The molecule has 0 unspecified atom stereocenters. The van der Waals surface area contributed by atoms with Gasteiger partial charge in [0, 0.05) is 6.08 Å². The summed E-state index contributed by atoms with van der Waals surface area (Å²) < 4.78 is 24.5. The molecule has 0 aromatic carbocycles. The van der Waals surface area contributed by atoms with Crippen LogP contribution in [0.3, 0.4) is 0 Å². The number of thiol groups is 1. The van der Waals surface area contributed by atoms with E-state index < -0.39 is 16.7 Å². The topological polar surface area (TPSA) is 60.4 Å². The van der Waals surface area contributed by atoms with Gasteiger partial charge in [0.05, 0.1) is 12.4 Å². The van der Waals surface area contributed by atoms with Gasteiger partial charge in [0.15, 0.2) is 0 Å². The number of hydrogen-bond donors (Lipinski definition) is 1. The molecule has 0 bridgehead atoms. The lowest BCUT2D eigenvalue weighted by Crippen LogP contribution is -2.03. The Balaban J connectivity index is 3.28. The molecular weight excluding hydrogens is 168 g/mol. The summed E-state index contributed by atoms with van der Waals surface area (Å²) in [5.74, 6) is -0.467. The van der Waals surface area contributed by atoms with E-state index >= 15 is 0 Å². The normalized spacial score (nSPS) is 9.55. The molecule has 0 aliphatic rings. The average molecular weight is 178 g/mol. The highest BCUT2D eigenvalue weighted by atomic mass is 32.2. The summed E-state index contributed by atoms with van der Waals surface area (Å²) in [6.07, 6.45) is 1.38. The minimum absolute atomic E-state index is 0.0553. The van der Waals surface area contributed by atoms with Gasteiger partial charge < -0.3 is 4.74 Å². The van der Waals surface area contributed by atoms with Crippen LogP contribution in [0, 0.1) is 0 Å². The third kappa shape index (κ3) is 7.05. The lowest BCUT2D eigenvalue weighted by atomic mass is 10.5. The molecule has 0 aliphatic heterocycles.